The Morgan fingerprint density at radius 2 is 1.71 bits per heavy atom. The third kappa shape index (κ3) is 5.01. The van der Waals surface area contributed by atoms with E-state index in [1.165, 1.54) is 0 Å². The predicted octanol–water partition coefficient (Wildman–Crippen LogP) is -0.0341. The van der Waals surface area contributed by atoms with E-state index in [2.05, 4.69) is 17.9 Å². The largest absolute Gasteiger partial charge is 0.340 e. The molecule has 0 radical (unpaired) electrons. The maximum Gasteiger partial charge on any atom is 0.340 e. The number of hydrogen-bond donors (Lipinski definition) is 6. The van der Waals surface area contributed by atoms with Gasteiger partial charge >= 0.3 is 15.2 Å². The van der Waals surface area contributed by atoms with Gasteiger partial charge in [0.1, 0.15) is 0 Å². The van der Waals surface area contributed by atoms with Gasteiger partial charge in [0.05, 0.1) is 0 Å². The number of thiol groups is 1. The van der Waals surface area contributed by atoms with E-state index in [-0.39, 0.29) is 17.6 Å². The lowest BCUT2D eigenvalue weighted by Crippen LogP contribution is -2.38. The van der Waals surface area contributed by atoms with Crippen LogP contribution in [-0.2, 0) is 9.13 Å². The van der Waals surface area contributed by atoms with Crippen LogP contribution < -0.4 is 5.32 Å². The maximum atomic E-state index is 11.1. The SMILES string of the molecule is O=P(O)(O)C(CC1CNCC(S)C1)P(=O)(O)O. The second kappa shape index (κ2) is 5.72. The van der Waals surface area contributed by atoms with Crippen LogP contribution in [0.1, 0.15) is 12.8 Å². The molecule has 7 nitrogen and oxygen atoms in total. The molecule has 0 saturated carbocycles. The van der Waals surface area contributed by atoms with Gasteiger partial charge in [0.25, 0.3) is 0 Å². The van der Waals surface area contributed by atoms with Gasteiger partial charge in [0, 0.05) is 11.8 Å². The Hall–Kier alpha value is 0.610. The molecule has 0 aliphatic carbocycles. The molecule has 0 bridgehead atoms. The van der Waals surface area contributed by atoms with E-state index in [1.807, 2.05) is 0 Å². The van der Waals surface area contributed by atoms with E-state index < -0.39 is 20.6 Å². The summed E-state index contributed by atoms with van der Waals surface area (Å²) in [7, 11) is -9.60. The predicted molar refractivity (Wildman–Crippen MR) is 66.2 cm³/mol. The molecule has 1 heterocycles. The normalized spacial score (nSPS) is 27.4. The van der Waals surface area contributed by atoms with Gasteiger partial charge in [-0.2, -0.15) is 12.6 Å². The summed E-state index contributed by atoms with van der Waals surface area (Å²) in [5, 5.41) is 1.15. The van der Waals surface area contributed by atoms with Crippen LogP contribution in [0.5, 0.6) is 0 Å². The molecule has 0 aromatic heterocycles. The molecular weight excluding hydrogens is 288 g/mol. The number of hydrogen-bond acceptors (Lipinski definition) is 4. The summed E-state index contributed by atoms with van der Waals surface area (Å²) < 4.78 is 22.2. The summed E-state index contributed by atoms with van der Waals surface area (Å²) in [4.78, 5) is 36.0. The molecule has 0 aromatic rings. The highest BCUT2D eigenvalue weighted by Gasteiger charge is 2.44. The molecule has 10 heteroatoms. The van der Waals surface area contributed by atoms with Crippen molar-refractivity contribution in [1.29, 1.82) is 0 Å². The molecule has 1 rings (SSSR count). The summed E-state index contributed by atoms with van der Waals surface area (Å²) in [5.41, 5.74) is 0. The van der Waals surface area contributed by atoms with Crippen molar-refractivity contribution in [2.24, 2.45) is 5.92 Å². The van der Waals surface area contributed by atoms with Gasteiger partial charge in [0.2, 0.25) is 0 Å². The zero-order valence-corrected chi connectivity index (χ0v) is 11.7. The first kappa shape index (κ1) is 15.7. The molecule has 2 unspecified atom stereocenters. The highest BCUT2D eigenvalue weighted by molar-refractivity contribution is 7.81. The van der Waals surface area contributed by atoms with Gasteiger partial charge in [0.15, 0.2) is 5.40 Å². The van der Waals surface area contributed by atoms with E-state index in [9.17, 15) is 9.13 Å². The Balaban J connectivity index is 2.74. The summed E-state index contributed by atoms with van der Waals surface area (Å²) >= 11 is 4.24. The first-order valence-electron chi connectivity index (χ1n) is 5.10. The van der Waals surface area contributed by atoms with Gasteiger partial charge in [-0.3, -0.25) is 9.13 Å². The first-order valence-corrected chi connectivity index (χ1v) is 8.98. The third-order valence-corrected chi connectivity index (χ3v) is 6.91. The Labute approximate surface area is 105 Å². The van der Waals surface area contributed by atoms with Gasteiger partial charge < -0.3 is 24.9 Å². The van der Waals surface area contributed by atoms with Crippen molar-refractivity contribution < 1.29 is 28.7 Å². The molecule has 1 fully saturated rings. The quantitative estimate of drug-likeness (QED) is 0.318. The minimum Gasteiger partial charge on any atom is -0.324 e. The fraction of sp³-hybridized carbons (Fsp3) is 1.00. The molecule has 5 N–H and O–H groups in total. The van der Waals surface area contributed by atoms with Gasteiger partial charge in [-0.15, -0.1) is 0 Å². The lowest BCUT2D eigenvalue weighted by atomic mass is 9.97. The summed E-state index contributed by atoms with van der Waals surface area (Å²) in [5.74, 6) is -0.184. The van der Waals surface area contributed by atoms with E-state index in [4.69, 9.17) is 19.6 Å². The number of rotatable bonds is 4. The molecule has 0 amide bonds. The summed E-state index contributed by atoms with van der Waals surface area (Å²) in [6.07, 6.45) is 0.394. The van der Waals surface area contributed by atoms with Gasteiger partial charge in [-0.05, 0) is 25.3 Å². The zero-order valence-electron chi connectivity index (χ0n) is 9.01. The molecule has 1 saturated heterocycles. The lowest BCUT2D eigenvalue weighted by Gasteiger charge is -2.30. The van der Waals surface area contributed by atoms with Crippen LogP contribution in [0.3, 0.4) is 0 Å². The van der Waals surface area contributed by atoms with Crippen LogP contribution in [0, 0.1) is 5.92 Å². The van der Waals surface area contributed by atoms with Crippen LogP contribution in [-0.4, -0.2) is 43.3 Å². The van der Waals surface area contributed by atoms with E-state index in [1.54, 1.807) is 0 Å². The van der Waals surface area contributed by atoms with Gasteiger partial charge in [-0.25, -0.2) is 0 Å². The third-order valence-electron chi connectivity index (χ3n) is 2.74. The topological polar surface area (TPSA) is 127 Å². The van der Waals surface area contributed by atoms with Crippen molar-refractivity contribution in [2.45, 2.75) is 23.5 Å². The standard InChI is InChI=1S/C7H17NO6P2S/c9-15(10,11)7(16(12,13)14)2-5-1-6(17)4-8-3-5/h5-8,17H,1-4H2,(H2,9,10,11)(H2,12,13,14). The first-order chi connectivity index (χ1) is 7.60. The molecule has 102 valence electrons. The second-order valence-electron chi connectivity index (χ2n) is 4.31. The maximum absolute atomic E-state index is 11.1. The highest BCUT2D eigenvalue weighted by Crippen LogP contribution is 2.62. The van der Waals surface area contributed by atoms with Crippen molar-refractivity contribution in [2.75, 3.05) is 13.1 Å². The highest BCUT2D eigenvalue weighted by atomic mass is 32.1. The second-order valence-corrected chi connectivity index (χ2v) is 9.05. The van der Waals surface area contributed by atoms with Crippen molar-refractivity contribution >= 4 is 27.8 Å². The molecule has 0 aromatic carbocycles. The van der Waals surface area contributed by atoms with Crippen LogP contribution in [0.2, 0.25) is 0 Å². The Morgan fingerprint density at radius 1 is 1.18 bits per heavy atom. The van der Waals surface area contributed by atoms with Crippen LogP contribution in [0.25, 0.3) is 0 Å². The molecule has 1 aliphatic rings. The fourth-order valence-corrected chi connectivity index (χ4v) is 5.09. The molecule has 2 atom stereocenters. The Kier molecular flexibility index (Phi) is 5.27. The fourth-order valence-electron chi connectivity index (χ4n) is 1.95. The van der Waals surface area contributed by atoms with E-state index in [0.717, 1.165) is 0 Å². The Morgan fingerprint density at radius 3 is 2.12 bits per heavy atom. The van der Waals surface area contributed by atoms with Crippen molar-refractivity contribution in [3.63, 3.8) is 0 Å². The molecule has 17 heavy (non-hydrogen) atoms. The van der Waals surface area contributed by atoms with Crippen molar-refractivity contribution in [3.8, 4) is 0 Å². The monoisotopic (exact) mass is 305 g/mol. The summed E-state index contributed by atoms with van der Waals surface area (Å²) in [6, 6.07) is 0. The average molecular weight is 305 g/mol. The Bertz CT molecular complexity index is 332. The molecule has 0 spiro atoms. The smallest absolute Gasteiger partial charge is 0.324 e. The van der Waals surface area contributed by atoms with Crippen molar-refractivity contribution in [1.82, 2.24) is 5.32 Å². The van der Waals surface area contributed by atoms with Crippen LogP contribution in [0.15, 0.2) is 0 Å². The number of piperidine rings is 1. The van der Waals surface area contributed by atoms with E-state index in [0.29, 0.717) is 19.5 Å². The average Bonchev–Trinajstić information content (AvgIpc) is 2.10. The van der Waals surface area contributed by atoms with Crippen LogP contribution in [0.4, 0.5) is 0 Å². The summed E-state index contributed by atoms with van der Waals surface area (Å²) in [6.45, 7) is 1.18. The molecule has 1 aliphatic heterocycles. The lowest BCUT2D eigenvalue weighted by molar-refractivity contribution is 0.308. The van der Waals surface area contributed by atoms with Crippen molar-refractivity contribution in [3.05, 3.63) is 0 Å². The molecular formula is C7H17NO6P2S. The van der Waals surface area contributed by atoms with Gasteiger partial charge in [-0.1, -0.05) is 0 Å². The minimum atomic E-state index is -4.80. The minimum absolute atomic E-state index is 0.0444. The zero-order chi connectivity index (χ0) is 13.3. The van der Waals surface area contributed by atoms with Crippen LogP contribution >= 0.6 is 27.8 Å². The number of nitrogens with one attached hydrogen (secondary N) is 1. The van der Waals surface area contributed by atoms with E-state index >= 15 is 0 Å².